The highest BCUT2D eigenvalue weighted by atomic mass is 16.7. The zero-order valence-corrected chi connectivity index (χ0v) is 13.1. The van der Waals surface area contributed by atoms with Crippen LogP contribution in [0.15, 0.2) is 24.5 Å². The number of carbonyl (C=O) groups is 1. The van der Waals surface area contributed by atoms with E-state index in [9.17, 15) is 4.79 Å². The van der Waals surface area contributed by atoms with E-state index in [0.717, 1.165) is 50.9 Å². The lowest BCUT2D eigenvalue weighted by Gasteiger charge is -2.36. The summed E-state index contributed by atoms with van der Waals surface area (Å²) in [4.78, 5) is 24.5. The Labute approximate surface area is 132 Å². The maximum atomic E-state index is 12.6. The maximum absolute atomic E-state index is 12.6. The SMILES string of the molecule is O=C(CCN1CCCCO1)N1CCCCC1c1cccnc1. The van der Waals surface area contributed by atoms with Crippen LogP contribution in [0.3, 0.4) is 0 Å². The molecule has 1 aromatic heterocycles. The normalized spacial score (nSPS) is 23.5. The quantitative estimate of drug-likeness (QED) is 0.857. The molecule has 1 aromatic rings. The van der Waals surface area contributed by atoms with Gasteiger partial charge in [-0.05, 0) is 43.7 Å². The third-order valence-electron chi connectivity index (χ3n) is 4.54. The van der Waals surface area contributed by atoms with Gasteiger partial charge in [-0.3, -0.25) is 14.6 Å². The number of nitrogens with zero attached hydrogens (tertiary/aromatic N) is 3. The molecule has 0 aliphatic carbocycles. The Bertz CT molecular complexity index is 474. The molecule has 3 rings (SSSR count). The molecule has 0 bridgehead atoms. The van der Waals surface area contributed by atoms with E-state index in [0.29, 0.717) is 13.0 Å². The number of carbonyl (C=O) groups excluding carboxylic acids is 1. The van der Waals surface area contributed by atoms with E-state index in [4.69, 9.17) is 4.84 Å². The molecular weight excluding hydrogens is 278 g/mol. The zero-order chi connectivity index (χ0) is 15.2. The van der Waals surface area contributed by atoms with Gasteiger partial charge in [-0.25, -0.2) is 0 Å². The summed E-state index contributed by atoms with van der Waals surface area (Å²) in [6.07, 6.45) is 9.82. The van der Waals surface area contributed by atoms with E-state index in [1.807, 2.05) is 22.2 Å². The number of pyridine rings is 1. The average molecular weight is 303 g/mol. The van der Waals surface area contributed by atoms with Crippen molar-refractivity contribution >= 4 is 5.91 Å². The van der Waals surface area contributed by atoms with Crippen LogP contribution in [0.2, 0.25) is 0 Å². The predicted molar refractivity (Wildman–Crippen MR) is 83.9 cm³/mol. The van der Waals surface area contributed by atoms with Gasteiger partial charge in [0.05, 0.1) is 12.6 Å². The first kappa shape index (κ1) is 15.4. The van der Waals surface area contributed by atoms with Crippen molar-refractivity contribution in [2.75, 3.05) is 26.2 Å². The van der Waals surface area contributed by atoms with Crippen molar-refractivity contribution in [3.05, 3.63) is 30.1 Å². The van der Waals surface area contributed by atoms with E-state index < -0.39 is 0 Å². The minimum atomic E-state index is 0.192. The Hall–Kier alpha value is -1.46. The zero-order valence-electron chi connectivity index (χ0n) is 13.1. The summed E-state index contributed by atoms with van der Waals surface area (Å²) in [5, 5.41) is 1.95. The summed E-state index contributed by atoms with van der Waals surface area (Å²) < 4.78 is 0. The standard InChI is InChI=1S/C17H25N3O2/c21-17(8-12-19-10-3-4-13-22-19)20-11-2-1-7-16(20)15-6-5-9-18-14-15/h5-6,9,14,16H,1-4,7-8,10-13H2. The van der Waals surface area contributed by atoms with Gasteiger partial charge in [0, 0.05) is 38.4 Å². The van der Waals surface area contributed by atoms with Crippen molar-refractivity contribution in [2.24, 2.45) is 0 Å². The molecule has 1 amide bonds. The van der Waals surface area contributed by atoms with Gasteiger partial charge in [0.1, 0.15) is 0 Å². The molecule has 2 saturated heterocycles. The highest BCUT2D eigenvalue weighted by Crippen LogP contribution is 2.30. The fraction of sp³-hybridized carbons (Fsp3) is 0.647. The highest BCUT2D eigenvalue weighted by Gasteiger charge is 2.28. The van der Waals surface area contributed by atoms with Gasteiger partial charge in [0.25, 0.3) is 0 Å². The number of likely N-dealkylation sites (tertiary alicyclic amines) is 1. The minimum absolute atomic E-state index is 0.192. The number of amides is 1. The van der Waals surface area contributed by atoms with E-state index in [1.54, 1.807) is 6.20 Å². The smallest absolute Gasteiger partial charge is 0.224 e. The molecule has 5 nitrogen and oxygen atoms in total. The largest absolute Gasteiger partial charge is 0.336 e. The van der Waals surface area contributed by atoms with Crippen molar-refractivity contribution in [2.45, 2.75) is 44.6 Å². The van der Waals surface area contributed by atoms with Crippen LogP contribution >= 0.6 is 0 Å². The Kier molecular flexibility index (Phi) is 5.40. The van der Waals surface area contributed by atoms with Gasteiger partial charge in [-0.1, -0.05) is 6.07 Å². The van der Waals surface area contributed by atoms with Crippen molar-refractivity contribution in [1.29, 1.82) is 0 Å². The molecule has 5 heteroatoms. The second kappa shape index (κ2) is 7.70. The van der Waals surface area contributed by atoms with Gasteiger partial charge in [0.15, 0.2) is 0 Å². The topological polar surface area (TPSA) is 45.7 Å². The predicted octanol–water partition coefficient (Wildman–Crippen LogP) is 2.55. The number of hydrogen-bond acceptors (Lipinski definition) is 4. The molecule has 0 aromatic carbocycles. The van der Waals surface area contributed by atoms with Crippen LogP contribution in [0.1, 0.15) is 50.1 Å². The van der Waals surface area contributed by atoms with E-state index in [1.165, 1.54) is 6.42 Å². The Morgan fingerprint density at radius 1 is 1.27 bits per heavy atom. The average Bonchev–Trinajstić information content (AvgIpc) is 2.61. The van der Waals surface area contributed by atoms with Gasteiger partial charge in [-0.15, -0.1) is 0 Å². The summed E-state index contributed by atoms with van der Waals surface area (Å²) in [5.74, 6) is 0.239. The van der Waals surface area contributed by atoms with Crippen molar-refractivity contribution in [1.82, 2.24) is 14.9 Å². The number of rotatable bonds is 4. The van der Waals surface area contributed by atoms with Crippen LogP contribution in [0, 0.1) is 0 Å². The Morgan fingerprint density at radius 2 is 2.18 bits per heavy atom. The van der Waals surface area contributed by atoms with Crippen LogP contribution in [-0.4, -0.2) is 47.1 Å². The maximum Gasteiger partial charge on any atom is 0.224 e. The molecule has 22 heavy (non-hydrogen) atoms. The first-order valence-electron chi connectivity index (χ1n) is 8.42. The van der Waals surface area contributed by atoms with Crippen LogP contribution in [-0.2, 0) is 9.63 Å². The van der Waals surface area contributed by atoms with Crippen molar-refractivity contribution in [3.63, 3.8) is 0 Å². The summed E-state index contributed by atoms with van der Waals surface area (Å²) in [5.41, 5.74) is 1.16. The number of piperidine rings is 1. The van der Waals surface area contributed by atoms with Crippen molar-refractivity contribution in [3.8, 4) is 0 Å². The monoisotopic (exact) mass is 303 g/mol. The molecule has 2 aliphatic heterocycles. The lowest BCUT2D eigenvalue weighted by atomic mass is 9.96. The summed E-state index contributed by atoms with van der Waals surface area (Å²) in [6, 6.07) is 4.22. The molecule has 0 spiro atoms. The first-order valence-corrected chi connectivity index (χ1v) is 8.42. The second-order valence-electron chi connectivity index (χ2n) is 6.10. The fourth-order valence-electron chi connectivity index (χ4n) is 3.34. The van der Waals surface area contributed by atoms with Gasteiger partial charge in [0.2, 0.25) is 5.91 Å². The van der Waals surface area contributed by atoms with E-state index in [-0.39, 0.29) is 11.9 Å². The van der Waals surface area contributed by atoms with Crippen molar-refractivity contribution < 1.29 is 9.63 Å². The third-order valence-corrected chi connectivity index (χ3v) is 4.54. The molecule has 2 fully saturated rings. The molecule has 120 valence electrons. The van der Waals surface area contributed by atoms with E-state index >= 15 is 0 Å². The summed E-state index contributed by atoms with van der Waals surface area (Å²) >= 11 is 0. The number of hydroxylamine groups is 2. The highest BCUT2D eigenvalue weighted by molar-refractivity contribution is 5.77. The molecule has 3 heterocycles. The lowest BCUT2D eigenvalue weighted by molar-refractivity contribution is -0.183. The van der Waals surface area contributed by atoms with E-state index in [2.05, 4.69) is 11.1 Å². The number of aromatic nitrogens is 1. The van der Waals surface area contributed by atoms with Crippen LogP contribution in [0.4, 0.5) is 0 Å². The van der Waals surface area contributed by atoms with Gasteiger partial charge < -0.3 is 4.90 Å². The molecule has 2 aliphatic rings. The Morgan fingerprint density at radius 3 is 2.95 bits per heavy atom. The van der Waals surface area contributed by atoms with Gasteiger partial charge in [-0.2, -0.15) is 5.06 Å². The van der Waals surface area contributed by atoms with Crippen LogP contribution in [0.25, 0.3) is 0 Å². The number of hydrogen-bond donors (Lipinski definition) is 0. The summed E-state index contributed by atoms with van der Waals surface area (Å²) in [7, 11) is 0. The molecule has 1 unspecified atom stereocenters. The molecule has 1 atom stereocenters. The lowest BCUT2D eigenvalue weighted by Crippen LogP contribution is -2.40. The van der Waals surface area contributed by atoms with Gasteiger partial charge >= 0.3 is 0 Å². The minimum Gasteiger partial charge on any atom is -0.336 e. The third kappa shape index (κ3) is 3.84. The fourth-order valence-corrected chi connectivity index (χ4v) is 3.34. The first-order chi connectivity index (χ1) is 10.8. The molecule has 0 saturated carbocycles. The molecule has 0 radical (unpaired) electrons. The summed E-state index contributed by atoms with van der Waals surface area (Å²) in [6.45, 7) is 3.30. The second-order valence-corrected chi connectivity index (χ2v) is 6.10. The molecule has 0 N–H and O–H groups in total. The van der Waals surface area contributed by atoms with Crippen LogP contribution < -0.4 is 0 Å². The van der Waals surface area contributed by atoms with Crippen LogP contribution in [0.5, 0.6) is 0 Å². The Balaban J connectivity index is 1.59. The molecular formula is C17H25N3O2.